The molecule has 1 heterocycles. The highest BCUT2D eigenvalue weighted by atomic mass is 16.7. The third-order valence-electron chi connectivity index (χ3n) is 4.66. The molecule has 31 heavy (non-hydrogen) atoms. The number of nitrogens with zero attached hydrogens (tertiary/aromatic N) is 1. The molecule has 2 amide bonds. The normalized spacial score (nSPS) is 12.2. The van der Waals surface area contributed by atoms with Crippen LogP contribution in [0.1, 0.15) is 22.8 Å². The molecule has 1 aliphatic rings. The minimum absolute atomic E-state index is 0.128. The number of amides is 2. The first-order valence-corrected chi connectivity index (χ1v) is 9.80. The maximum Gasteiger partial charge on any atom is 0.259 e. The van der Waals surface area contributed by atoms with Gasteiger partial charge in [0, 0.05) is 11.1 Å². The smallest absolute Gasteiger partial charge is 0.259 e. The van der Waals surface area contributed by atoms with Crippen LogP contribution in [0.2, 0.25) is 0 Å². The fraction of sp³-hybridized carbons (Fsp3) is 0.174. The van der Waals surface area contributed by atoms with E-state index in [4.69, 9.17) is 14.2 Å². The van der Waals surface area contributed by atoms with E-state index in [1.54, 1.807) is 24.4 Å². The van der Waals surface area contributed by atoms with Gasteiger partial charge in [-0.15, -0.1) is 0 Å². The average molecular weight is 419 g/mol. The third kappa shape index (κ3) is 4.58. The van der Waals surface area contributed by atoms with Crippen LogP contribution in [0.3, 0.4) is 0 Å². The summed E-state index contributed by atoms with van der Waals surface area (Å²) in [7, 11) is 0. The van der Waals surface area contributed by atoms with Gasteiger partial charge in [-0.3, -0.25) is 9.59 Å². The lowest BCUT2D eigenvalue weighted by Crippen LogP contribution is -2.34. The van der Waals surface area contributed by atoms with Crippen molar-refractivity contribution in [3.8, 4) is 17.2 Å². The van der Waals surface area contributed by atoms with Crippen LogP contribution in [0, 0.1) is 0 Å². The van der Waals surface area contributed by atoms with Crippen molar-refractivity contribution in [3.05, 3.63) is 65.7 Å². The average Bonchev–Trinajstić information content (AvgIpc) is 3.26. The first-order valence-electron chi connectivity index (χ1n) is 9.80. The summed E-state index contributed by atoms with van der Waals surface area (Å²) in [6, 6.07) is 16.5. The van der Waals surface area contributed by atoms with E-state index in [2.05, 4.69) is 15.8 Å². The molecule has 0 saturated heterocycles. The number of hydrazone groups is 1. The highest BCUT2D eigenvalue weighted by Gasteiger charge is 2.16. The number of ether oxygens (including phenoxy) is 3. The van der Waals surface area contributed by atoms with E-state index in [9.17, 15) is 9.59 Å². The molecule has 158 valence electrons. The number of hydrogen-bond acceptors (Lipinski definition) is 6. The van der Waals surface area contributed by atoms with Crippen LogP contribution in [0.5, 0.6) is 17.2 Å². The second-order valence-electron chi connectivity index (χ2n) is 6.68. The fourth-order valence-electron chi connectivity index (χ4n) is 3.20. The second kappa shape index (κ2) is 9.17. The maximum absolute atomic E-state index is 12.3. The Kier molecular flexibility index (Phi) is 5.98. The van der Waals surface area contributed by atoms with Crippen LogP contribution in [0.15, 0.2) is 59.7 Å². The van der Waals surface area contributed by atoms with Crippen LogP contribution in [0.4, 0.5) is 0 Å². The van der Waals surface area contributed by atoms with E-state index in [1.807, 2.05) is 43.3 Å². The number of rotatable bonds is 7. The number of fused-ring (bicyclic) bond motifs is 2. The van der Waals surface area contributed by atoms with E-state index in [-0.39, 0.29) is 13.3 Å². The van der Waals surface area contributed by atoms with Gasteiger partial charge in [0.15, 0.2) is 11.5 Å². The zero-order valence-electron chi connectivity index (χ0n) is 16.9. The molecule has 0 atom stereocenters. The summed E-state index contributed by atoms with van der Waals surface area (Å²) in [6.45, 7) is 2.32. The molecule has 0 bridgehead atoms. The topological polar surface area (TPSA) is 98.2 Å². The SMILES string of the molecule is CCOc1ccc2ccccc2c1/C=N/NC(=O)CNC(=O)c1ccc2c(c1)OCO2. The summed E-state index contributed by atoms with van der Waals surface area (Å²) in [5.74, 6) is 0.911. The van der Waals surface area contributed by atoms with Crippen molar-refractivity contribution in [2.24, 2.45) is 5.10 Å². The van der Waals surface area contributed by atoms with Crippen molar-refractivity contribution < 1.29 is 23.8 Å². The minimum Gasteiger partial charge on any atom is -0.493 e. The Morgan fingerprint density at radius 3 is 2.81 bits per heavy atom. The van der Waals surface area contributed by atoms with Gasteiger partial charge in [0.2, 0.25) is 6.79 Å². The number of hydrogen-bond donors (Lipinski definition) is 2. The van der Waals surface area contributed by atoms with Gasteiger partial charge in [-0.2, -0.15) is 5.10 Å². The largest absolute Gasteiger partial charge is 0.493 e. The molecular formula is C23H21N3O5. The summed E-state index contributed by atoms with van der Waals surface area (Å²) in [5.41, 5.74) is 3.57. The zero-order chi connectivity index (χ0) is 21.6. The van der Waals surface area contributed by atoms with Crippen molar-refractivity contribution in [2.45, 2.75) is 6.92 Å². The number of benzene rings is 3. The molecule has 8 heteroatoms. The molecule has 0 unspecified atom stereocenters. The number of carbonyl (C=O) groups is 2. The van der Waals surface area contributed by atoms with E-state index in [0.717, 1.165) is 16.3 Å². The lowest BCUT2D eigenvalue weighted by atomic mass is 10.0. The Hall–Kier alpha value is -4.07. The number of carbonyl (C=O) groups excluding carboxylic acids is 2. The van der Waals surface area contributed by atoms with Crippen molar-refractivity contribution in [1.82, 2.24) is 10.7 Å². The van der Waals surface area contributed by atoms with E-state index >= 15 is 0 Å². The molecular weight excluding hydrogens is 398 g/mol. The van der Waals surface area contributed by atoms with Crippen molar-refractivity contribution in [2.75, 3.05) is 19.9 Å². The van der Waals surface area contributed by atoms with Crippen LogP contribution >= 0.6 is 0 Å². The van der Waals surface area contributed by atoms with Gasteiger partial charge in [-0.25, -0.2) is 5.43 Å². The second-order valence-corrected chi connectivity index (χ2v) is 6.68. The highest BCUT2D eigenvalue weighted by Crippen LogP contribution is 2.32. The van der Waals surface area contributed by atoms with Crippen LogP contribution in [0.25, 0.3) is 10.8 Å². The van der Waals surface area contributed by atoms with Gasteiger partial charge >= 0.3 is 0 Å². The van der Waals surface area contributed by atoms with Crippen molar-refractivity contribution in [1.29, 1.82) is 0 Å². The van der Waals surface area contributed by atoms with Crippen LogP contribution < -0.4 is 25.0 Å². The van der Waals surface area contributed by atoms with Crippen LogP contribution in [-0.4, -0.2) is 38.0 Å². The molecule has 0 aliphatic carbocycles. The Labute approximate surface area is 178 Å². The summed E-state index contributed by atoms with van der Waals surface area (Å²) in [4.78, 5) is 24.4. The van der Waals surface area contributed by atoms with E-state index < -0.39 is 11.8 Å². The molecule has 3 aromatic carbocycles. The van der Waals surface area contributed by atoms with Crippen molar-refractivity contribution in [3.63, 3.8) is 0 Å². The summed E-state index contributed by atoms with van der Waals surface area (Å²) in [5, 5.41) is 8.59. The molecule has 0 fully saturated rings. The molecule has 2 N–H and O–H groups in total. The van der Waals surface area contributed by atoms with Gasteiger partial charge in [0.05, 0.1) is 19.4 Å². The lowest BCUT2D eigenvalue weighted by molar-refractivity contribution is -0.120. The van der Waals surface area contributed by atoms with Gasteiger partial charge in [0.25, 0.3) is 11.8 Å². The fourth-order valence-corrected chi connectivity index (χ4v) is 3.20. The van der Waals surface area contributed by atoms with Gasteiger partial charge in [-0.05, 0) is 42.0 Å². The monoisotopic (exact) mass is 419 g/mol. The Morgan fingerprint density at radius 1 is 1.10 bits per heavy atom. The summed E-state index contributed by atoms with van der Waals surface area (Å²) < 4.78 is 16.2. The van der Waals surface area contributed by atoms with Gasteiger partial charge < -0.3 is 19.5 Å². The first kappa shape index (κ1) is 20.2. The molecule has 0 radical (unpaired) electrons. The van der Waals surface area contributed by atoms with Crippen molar-refractivity contribution >= 4 is 28.8 Å². The summed E-state index contributed by atoms with van der Waals surface area (Å²) in [6.07, 6.45) is 1.55. The molecule has 0 aromatic heterocycles. The molecule has 8 nitrogen and oxygen atoms in total. The minimum atomic E-state index is -0.455. The lowest BCUT2D eigenvalue weighted by Gasteiger charge is -2.10. The summed E-state index contributed by atoms with van der Waals surface area (Å²) >= 11 is 0. The Balaban J connectivity index is 1.37. The zero-order valence-corrected chi connectivity index (χ0v) is 16.9. The predicted molar refractivity (Wildman–Crippen MR) is 116 cm³/mol. The molecule has 3 aromatic rings. The predicted octanol–water partition coefficient (Wildman–Crippen LogP) is 2.85. The van der Waals surface area contributed by atoms with E-state index in [1.165, 1.54) is 0 Å². The molecule has 1 aliphatic heterocycles. The number of nitrogens with one attached hydrogen (secondary N) is 2. The van der Waals surface area contributed by atoms with Crippen LogP contribution in [-0.2, 0) is 4.79 Å². The standard InChI is InChI=1S/C23H21N3O5/c1-2-29-19-9-7-15-5-3-4-6-17(15)18(19)12-25-26-22(27)13-24-23(28)16-8-10-20-21(11-16)31-14-30-20/h3-12H,2,13-14H2,1H3,(H,24,28)(H,26,27)/b25-12+. The highest BCUT2D eigenvalue weighted by molar-refractivity contribution is 6.03. The third-order valence-corrected chi connectivity index (χ3v) is 4.66. The molecule has 0 saturated carbocycles. The quantitative estimate of drug-likeness (QED) is 0.453. The molecule has 0 spiro atoms. The Morgan fingerprint density at radius 2 is 1.94 bits per heavy atom. The first-order chi connectivity index (χ1) is 15.2. The van der Waals surface area contributed by atoms with E-state index in [0.29, 0.717) is 29.4 Å². The Bertz CT molecular complexity index is 1160. The maximum atomic E-state index is 12.3. The molecule has 4 rings (SSSR count). The van der Waals surface area contributed by atoms with Gasteiger partial charge in [-0.1, -0.05) is 30.3 Å². The van der Waals surface area contributed by atoms with Gasteiger partial charge in [0.1, 0.15) is 5.75 Å².